The van der Waals surface area contributed by atoms with Gasteiger partial charge < -0.3 is 4.90 Å². The molecule has 0 aromatic heterocycles. The van der Waals surface area contributed by atoms with Gasteiger partial charge in [-0.3, -0.25) is 0 Å². The van der Waals surface area contributed by atoms with Gasteiger partial charge in [-0.1, -0.05) is 132 Å². The van der Waals surface area contributed by atoms with Gasteiger partial charge in [-0.25, -0.2) is 0 Å². The monoisotopic (exact) mass is 509 g/mol. The van der Waals surface area contributed by atoms with Crippen molar-refractivity contribution in [3.63, 3.8) is 0 Å². The van der Waals surface area contributed by atoms with Crippen molar-refractivity contribution in [2.75, 3.05) is 11.9 Å². The van der Waals surface area contributed by atoms with Gasteiger partial charge in [0.15, 0.2) is 0 Å². The molecule has 1 unspecified atom stereocenters. The Balaban J connectivity index is 1.31. The average Bonchev–Trinajstić information content (AvgIpc) is 3.13. The number of likely N-dealkylation sites (N-methyl/N-ethyl adjacent to an activating group) is 1. The van der Waals surface area contributed by atoms with Crippen LogP contribution >= 0.6 is 0 Å². The summed E-state index contributed by atoms with van der Waals surface area (Å²) >= 11 is 0. The van der Waals surface area contributed by atoms with Crippen LogP contribution in [0.3, 0.4) is 0 Å². The lowest BCUT2D eigenvalue weighted by Gasteiger charge is -2.37. The minimum Gasteiger partial charge on any atom is -0.347 e. The molecule has 0 spiro atoms. The van der Waals surface area contributed by atoms with Crippen molar-refractivity contribution in [1.82, 2.24) is 0 Å². The zero-order valence-electron chi connectivity index (χ0n) is 24.1. The van der Waals surface area contributed by atoms with E-state index in [0.717, 1.165) is 6.42 Å². The van der Waals surface area contributed by atoms with Crippen molar-refractivity contribution in [1.29, 1.82) is 0 Å². The smallest absolute Gasteiger partial charge is 0.0454 e. The van der Waals surface area contributed by atoms with Gasteiger partial charge in [0.05, 0.1) is 0 Å². The summed E-state index contributed by atoms with van der Waals surface area (Å²) in [5.41, 5.74) is 8.29. The summed E-state index contributed by atoms with van der Waals surface area (Å²) in [6.07, 6.45) is 14.8. The third kappa shape index (κ3) is 3.98. The molecule has 1 heterocycles. The van der Waals surface area contributed by atoms with E-state index in [1.807, 2.05) is 0 Å². The number of rotatable bonds is 4. The quantitative estimate of drug-likeness (QED) is 0.247. The Labute approximate surface area is 233 Å². The lowest BCUT2D eigenvalue weighted by atomic mass is 9.66. The van der Waals surface area contributed by atoms with E-state index in [4.69, 9.17) is 0 Å². The zero-order valence-corrected chi connectivity index (χ0v) is 24.1. The number of anilines is 1. The van der Waals surface area contributed by atoms with Crippen LogP contribution in [0.4, 0.5) is 5.69 Å². The molecular formula is C38H39N. The van der Waals surface area contributed by atoms with E-state index >= 15 is 0 Å². The van der Waals surface area contributed by atoms with Crippen molar-refractivity contribution in [2.24, 2.45) is 0 Å². The third-order valence-corrected chi connectivity index (χ3v) is 9.18. The summed E-state index contributed by atoms with van der Waals surface area (Å²) in [6.45, 7) is 11.7. The van der Waals surface area contributed by atoms with Crippen LogP contribution in [-0.4, -0.2) is 7.05 Å². The van der Waals surface area contributed by atoms with E-state index in [1.165, 1.54) is 55.2 Å². The highest BCUT2D eigenvalue weighted by atomic mass is 15.2. The molecule has 0 saturated carbocycles. The minimum atomic E-state index is -0.0635. The molecule has 1 atom stereocenters. The second kappa shape index (κ2) is 9.42. The number of allylic oxidation sites excluding steroid dienone is 8. The first-order valence-electron chi connectivity index (χ1n) is 14.3. The molecule has 0 saturated heterocycles. The molecule has 0 bridgehead atoms. The Hall–Kier alpha value is -3.84. The van der Waals surface area contributed by atoms with Gasteiger partial charge in [-0.2, -0.15) is 0 Å². The third-order valence-electron chi connectivity index (χ3n) is 9.18. The summed E-state index contributed by atoms with van der Waals surface area (Å²) in [7, 11) is 2.19. The average molecular weight is 510 g/mol. The predicted molar refractivity (Wildman–Crippen MR) is 170 cm³/mol. The topological polar surface area (TPSA) is 3.24 Å². The van der Waals surface area contributed by atoms with Crippen LogP contribution in [0, 0.1) is 0 Å². The lowest BCUT2D eigenvalue weighted by molar-refractivity contribution is 0.595. The summed E-state index contributed by atoms with van der Waals surface area (Å²) in [5, 5.41) is 5.37. The number of fused-ring (bicyclic) bond motifs is 6. The Morgan fingerprint density at radius 2 is 1.36 bits per heavy atom. The molecule has 0 N–H and O–H groups in total. The number of benzene rings is 4. The van der Waals surface area contributed by atoms with E-state index < -0.39 is 0 Å². The second-order valence-electron chi connectivity index (χ2n) is 12.2. The number of hydrogen-bond acceptors (Lipinski definition) is 1. The lowest BCUT2D eigenvalue weighted by Crippen LogP contribution is -2.27. The molecule has 1 nitrogen and oxygen atoms in total. The van der Waals surface area contributed by atoms with E-state index in [1.54, 1.807) is 0 Å². The van der Waals surface area contributed by atoms with Crippen molar-refractivity contribution < 1.29 is 0 Å². The van der Waals surface area contributed by atoms with Crippen LogP contribution in [-0.2, 0) is 10.8 Å². The standard InChI is InChI=1S/C38H39N/c1-7-26-25-29(37(2,3)35-30-18-13-11-15-27(30)21-23-32(26)35)17-9-8-10-20-34-38(4,5)36-31-19-14-12-16-28(31)22-24-33(36)39(34)6/h8-26H,7H2,1-6H3/b10-8+,17-9+,34-20+. The minimum absolute atomic E-state index is 0.0545. The molecule has 1 aliphatic carbocycles. The van der Waals surface area contributed by atoms with Gasteiger partial charge in [-0.05, 0) is 62.4 Å². The van der Waals surface area contributed by atoms with Gasteiger partial charge in [0.25, 0.3) is 0 Å². The summed E-state index contributed by atoms with van der Waals surface area (Å²) in [5.74, 6) is 0.449. The highest BCUT2D eigenvalue weighted by Gasteiger charge is 2.39. The molecule has 196 valence electrons. The van der Waals surface area contributed by atoms with Crippen molar-refractivity contribution in [3.8, 4) is 0 Å². The first kappa shape index (κ1) is 25.4. The van der Waals surface area contributed by atoms with Crippen LogP contribution in [0.5, 0.6) is 0 Å². The normalized spacial score (nSPS) is 20.8. The van der Waals surface area contributed by atoms with E-state index in [0.29, 0.717) is 5.92 Å². The van der Waals surface area contributed by atoms with Crippen molar-refractivity contribution in [2.45, 2.75) is 57.8 Å². The van der Waals surface area contributed by atoms with Gasteiger partial charge >= 0.3 is 0 Å². The molecule has 4 aromatic rings. The first-order chi connectivity index (χ1) is 18.7. The van der Waals surface area contributed by atoms with Gasteiger partial charge in [0.2, 0.25) is 0 Å². The van der Waals surface area contributed by atoms with Crippen LogP contribution in [0.2, 0.25) is 0 Å². The fraction of sp³-hybridized carbons (Fsp3) is 0.263. The molecule has 0 amide bonds. The fourth-order valence-electron chi connectivity index (χ4n) is 7.12. The zero-order chi connectivity index (χ0) is 27.4. The van der Waals surface area contributed by atoms with Gasteiger partial charge in [0.1, 0.15) is 0 Å². The number of nitrogens with zero attached hydrogens (tertiary/aromatic N) is 1. The van der Waals surface area contributed by atoms with E-state index in [9.17, 15) is 0 Å². The SMILES string of the molecule is CCC1C=C(/C=C/C=C/C=C2/N(C)c3ccc4ccccc4c3C2(C)C)C(C)(C)c2c1ccc1ccccc21. The van der Waals surface area contributed by atoms with Crippen LogP contribution in [0.25, 0.3) is 21.5 Å². The number of hydrogen-bond donors (Lipinski definition) is 0. The maximum Gasteiger partial charge on any atom is 0.0454 e. The molecule has 0 radical (unpaired) electrons. The highest BCUT2D eigenvalue weighted by Crippen LogP contribution is 2.50. The molecule has 4 aromatic carbocycles. The summed E-state index contributed by atoms with van der Waals surface area (Å²) < 4.78 is 0. The molecule has 1 heteroatoms. The van der Waals surface area contributed by atoms with Gasteiger partial charge in [-0.15, -0.1) is 0 Å². The summed E-state index contributed by atoms with van der Waals surface area (Å²) in [6, 6.07) is 26.8. The van der Waals surface area contributed by atoms with Gasteiger partial charge in [0, 0.05) is 35.2 Å². The molecule has 39 heavy (non-hydrogen) atoms. The Morgan fingerprint density at radius 1 is 0.718 bits per heavy atom. The molecular weight excluding hydrogens is 470 g/mol. The molecule has 1 aliphatic heterocycles. The molecule has 0 fully saturated rings. The maximum absolute atomic E-state index is 2.50. The van der Waals surface area contributed by atoms with Crippen molar-refractivity contribution >= 4 is 27.2 Å². The van der Waals surface area contributed by atoms with Crippen LogP contribution in [0.15, 0.2) is 121 Å². The van der Waals surface area contributed by atoms with Crippen LogP contribution in [0.1, 0.15) is 63.6 Å². The summed E-state index contributed by atoms with van der Waals surface area (Å²) in [4.78, 5) is 2.36. The second-order valence-corrected chi connectivity index (χ2v) is 12.2. The van der Waals surface area contributed by atoms with E-state index in [-0.39, 0.29) is 10.8 Å². The molecule has 6 rings (SSSR count). The van der Waals surface area contributed by atoms with E-state index in [2.05, 4.69) is 156 Å². The predicted octanol–water partition coefficient (Wildman–Crippen LogP) is 10.1. The highest BCUT2D eigenvalue weighted by molar-refractivity contribution is 5.95. The maximum atomic E-state index is 2.50. The van der Waals surface area contributed by atoms with Crippen molar-refractivity contribution in [3.05, 3.63) is 137 Å². The molecule has 2 aliphatic rings. The van der Waals surface area contributed by atoms with Crippen LogP contribution < -0.4 is 4.90 Å². The fourth-order valence-corrected chi connectivity index (χ4v) is 7.12. The Kier molecular flexibility index (Phi) is 6.14. The first-order valence-corrected chi connectivity index (χ1v) is 14.3. The Bertz CT molecular complexity index is 1710. The Morgan fingerprint density at radius 3 is 2.05 bits per heavy atom. The largest absolute Gasteiger partial charge is 0.347 e.